The Morgan fingerprint density at radius 1 is 0.931 bits per heavy atom. The molecule has 148 valence electrons. The normalized spacial score (nSPS) is 10.9. The first-order valence-corrected chi connectivity index (χ1v) is 9.54. The predicted molar refractivity (Wildman–Crippen MR) is 116 cm³/mol. The van der Waals surface area contributed by atoms with Crippen LogP contribution < -0.4 is 14.8 Å². The molecule has 3 aromatic rings. The number of nitrogens with one attached hydrogen (secondary N) is 1. The molecule has 29 heavy (non-hydrogen) atoms. The van der Waals surface area contributed by atoms with E-state index in [-0.39, 0.29) is 18.6 Å². The van der Waals surface area contributed by atoms with E-state index in [1.807, 2.05) is 97.9 Å². The molecule has 4 heteroatoms. The number of ether oxygens (including phenoxy) is 2. The van der Waals surface area contributed by atoms with Gasteiger partial charge in [0.1, 0.15) is 0 Å². The summed E-state index contributed by atoms with van der Waals surface area (Å²) in [7, 11) is 1.59. The number of carbonyl (C=O) groups excluding carboxylic acids is 1. The standard InChI is InChI=1S/C25H25NO3/c1-3-10-19-15-16-22(23(17-19)28-2)29-18-24(27)26-25(20-11-6-4-7-12-20)21-13-8-5-9-14-21/h3-17,25H,18H2,1-2H3,(H,26,27). The van der Waals surface area contributed by atoms with Gasteiger partial charge in [0.2, 0.25) is 0 Å². The van der Waals surface area contributed by atoms with E-state index < -0.39 is 0 Å². The molecule has 3 aromatic carbocycles. The lowest BCUT2D eigenvalue weighted by Gasteiger charge is -2.20. The molecule has 1 N–H and O–H groups in total. The summed E-state index contributed by atoms with van der Waals surface area (Å²) in [5.74, 6) is 0.922. The second-order valence-corrected chi connectivity index (χ2v) is 6.52. The summed E-state index contributed by atoms with van der Waals surface area (Å²) in [4.78, 5) is 12.7. The molecule has 0 bridgehead atoms. The second kappa shape index (κ2) is 10.1. The van der Waals surface area contributed by atoms with Gasteiger partial charge >= 0.3 is 0 Å². The van der Waals surface area contributed by atoms with Crippen LogP contribution in [0.5, 0.6) is 11.5 Å². The van der Waals surface area contributed by atoms with E-state index in [9.17, 15) is 4.79 Å². The van der Waals surface area contributed by atoms with Gasteiger partial charge in [-0.3, -0.25) is 4.79 Å². The highest BCUT2D eigenvalue weighted by atomic mass is 16.5. The average molecular weight is 387 g/mol. The Morgan fingerprint density at radius 3 is 2.10 bits per heavy atom. The molecule has 1 amide bonds. The summed E-state index contributed by atoms with van der Waals surface area (Å²) in [6, 6.07) is 25.1. The van der Waals surface area contributed by atoms with Gasteiger partial charge in [-0.25, -0.2) is 0 Å². The van der Waals surface area contributed by atoms with E-state index in [1.54, 1.807) is 7.11 Å². The Balaban J connectivity index is 1.71. The number of amides is 1. The van der Waals surface area contributed by atoms with Crippen LogP contribution in [-0.2, 0) is 4.79 Å². The number of rotatable bonds is 8. The minimum absolute atomic E-state index is 0.102. The lowest BCUT2D eigenvalue weighted by Crippen LogP contribution is -2.33. The predicted octanol–water partition coefficient (Wildman–Crippen LogP) is 5.01. The van der Waals surface area contributed by atoms with Crippen LogP contribution in [0.4, 0.5) is 0 Å². The van der Waals surface area contributed by atoms with Gasteiger partial charge < -0.3 is 14.8 Å². The fourth-order valence-electron chi connectivity index (χ4n) is 3.10. The molecule has 0 spiro atoms. The number of hydrogen-bond donors (Lipinski definition) is 1. The molecule has 0 aliphatic rings. The van der Waals surface area contributed by atoms with Gasteiger partial charge in [-0.15, -0.1) is 0 Å². The van der Waals surface area contributed by atoms with Crippen LogP contribution >= 0.6 is 0 Å². The van der Waals surface area contributed by atoms with E-state index in [1.165, 1.54) is 0 Å². The molecule has 0 radical (unpaired) electrons. The van der Waals surface area contributed by atoms with E-state index >= 15 is 0 Å². The summed E-state index contributed by atoms with van der Waals surface area (Å²) < 4.78 is 11.1. The number of allylic oxidation sites excluding steroid dienone is 1. The molecule has 0 heterocycles. The van der Waals surface area contributed by atoms with Crippen molar-refractivity contribution in [3.8, 4) is 11.5 Å². The molecule has 3 rings (SSSR count). The lowest BCUT2D eigenvalue weighted by molar-refractivity contribution is -0.123. The molecule has 0 atom stereocenters. The fourth-order valence-corrected chi connectivity index (χ4v) is 3.10. The third kappa shape index (κ3) is 5.48. The van der Waals surface area contributed by atoms with Gasteiger partial charge in [0.15, 0.2) is 18.1 Å². The van der Waals surface area contributed by atoms with E-state index in [0.29, 0.717) is 11.5 Å². The Hall–Kier alpha value is -3.53. The highest BCUT2D eigenvalue weighted by molar-refractivity contribution is 5.78. The van der Waals surface area contributed by atoms with Gasteiger partial charge in [-0.05, 0) is 35.7 Å². The second-order valence-electron chi connectivity index (χ2n) is 6.52. The maximum atomic E-state index is 12.7. The zero-order chi connectivity index (χ0) is 20.5. The van der Waals surface area contributed by atoms with E-state index in [4.69, 9.17) is 9.47 Å². The van der Waals surface area contributed by atoms with Crippen molar-refractivity contribution in [1.29, 1.82) is 0 Å². The fraction of sp³-hybridized carbons (Fsp3) is 0.160. The minimum Gasteiger partial charge on any atom is -0.493 e. The van der Waals surface area contributed by atoms with Crippen LogP contribution in [0.3, 0.4) is 0 Å². The molecule has 0 aliphatic carbocycles. The maximum Gasteiger partial charge on any atom is 0.258 e. The van der Waals surface area contributed by atoms with Crippen LogP contribution in [0.2, 0.25) is 0 Å². The molecule has 0 unspecified atom stereocenters. The number of hydrogen-bond acceptors (Lipinski definition) is 3. The summed E-state index contributed by atoms with van der Waals surface area (Å²) in [6.45, 7) is 1.85. The van der Waals surface area contributed by atoms with E-state index in [0.717, 1.165) is 16.7 Å². The van der Waals surface area contributed by atoms with Crippen molar-refractivity contribution < 1.29 is 14.3 Å². The summed E-state index contributed by atoms with van der Waals surface area (Å²) in [5.41, 5.74) is 3.04. The Kier molecular flexibility index (Phi) is 7.06. The first-order chi connectivity index (χ1) is 14.2. The van der Waals surface area contributed by atoms with Crippen LogP contribution in [-0.4, -0.2) is 19.6 Å². The average Bonchev–Trinajstić information content (AvgIpc) is 2.78. The molecular formula is C25H25NO3. The smallest absolute Gasteiger partial charge is 0.258 e. The highest BCUT2D eigenvalue weighted by Gasteiger charge is 2.17. The minimum atomic E-state index is -0.243. The van der Waals surface area contributed by atoms with Gasteiger partial charge in [0.05, 0.1) is 13.2 Å². The zero-order valence-corrected chi connectivity index (χ0v) is 16.7. The van der Waals surface area contributed by atoms with Crippen LogP contribution in [0.1, 0.15) is 29.7 Å². The van der Waals surface area contributed by atoms with Gasteiger partial charge in [-0.2, -0.15) is 0 Å². The van der Waals surface area contributed by atoms with Crippen molar-refractivity contribution in [2.24, 2.45) is 0 Å². The van der Waals surface area contributed by atoms with Crippen molar-refractivity contribution in [3.05, 3.63) is 102 Å². The Labute approximate surface area is 171 Å². The summed E-state index contributed by atoms with van der Waals surface area (Å²) >= 11 is 0. The summed E-state index contributed by atoms with van der Waals surface area (Å²) in [5, 5.41) is 3.07. The van der Waals surface area contributed by atoms with Gasteiger partial charge in [-0.1, -0.05) is 78.9 Å². The monoisotopic (exact) mass is 387 g/mol. The first kappa shape index (κ1) is 20.2. The third-order valence-electron chi connectivity index (χ3n) is 4.48. The number of carbonyl (C=O) groups is 1. The highest BCUT2D eigenvalue weighted by Crippen LogP contribution is 2.28. The number of benzene rings is 3. The van der Waals surface area contributed by atoms with Crippen molar-refractivity contribution >= 4 is 12.0 Å². The topological polar surface area (TPSA) is 47.6 Å². The van der Waals surface area contributed by atoms with Crippen molar-refractivity contribution in [1.82, 2.24) is 5.32 Å². The van der Waals surface area contributed by atoms with Crippen LogP contribution in [0.15, 0.2) is 84.9 Å². The molecular weight excluding hydrogens is 362 g/mol. The first-order valence-electron chi connectivity index (χ1n) is 9.54. The maximum absolute atomic E-state index is 12.7. The number of methoxy groups -OCH3 is 1. The van der Waals surface area contributed by atoms with E-state index in [2.05, 4.69) is 5.32 Å². The van der Waals surface area contributed by atoms with Gasteiger partial charge in [0.25, 0.3) is 5.91 Å². The molecule has 0 saturated heterocycles. The summed E-state index contributed by atoms with van der Waals surface area (Å²) in [6.07, 6.45) is 3.93. The lowest BCUT2D eigenvalue weighted by atomic mass is 9.99. The third-order valence-corrected chi connectivity index (χ3v) is 4.48. The molecule has 0 saturated carbocycles. The van der Waals surface area contributed by atoms with Gasteiger partial charge in [0, 0.05) is 0 Å². The van der Waals surface area contributed by atoms with Crippen molar-refractivity contribution in [3.63, 3.8) is 0 Å². The molecule has 4 nitrogen and oxygen atoms in total. The Bertz CT molecular complexity index is 913. The molecule has 0 fully saturated rings. The van der Waals surface area contributed by atoms with Crippen molar-refractivity contribution in [2.75, 3.05) is 13.7 Å². The van der Waals surface area contributed by atoms with Crippen LogP contribution in [0.25, 0.3) is 6.08 Å². The zero-order valence-electron chi connectivity index (χ0n) is 16.7. The Morgan fingerprint density at radius 2 is 1.55 bits per heavy atom. The molecule has 0 aliphatic heterocycles. The largest absolute Gasteiger partial charge is 0.493 e. The van der Waals surface area contributed by atoms with Crippen molar-refractivity contribution in [2.45, 2.75) is 13.0 Å². The molecule has 0 aromatic heterocycles. The van der Waals surface area contributed by atoms with Crippen LogP contribution in [0, 0.1) is 0 Å². The SMILES string of the molecule is CC=Cc1ccc(OCC(=O)NC(c2ccccc2)c2ccccc2)c(OC)c1. The quantitative estimate of drug-likeness (QED) is 0.591.